The van der Waals surface area contributed by atoms with Crippen LogP contribution in [0.25, 0.3) is 0 Å². The smallest absolute Gasteiger partial charge is 0.255 e. The second kappa shape index (κ2) is 6.84. The molecule has 1 amide bonds. The van der Waals surface area contributed by atoms with Crippen LogP contribution in [0.5, 0.6) is 11.5 Å². The molecule has 2 aliphatic rings. The van der Waals surface area contributed by atoms with Gasteiger partial charge < -0.3 is 20.5 Å². The molecular weight excluding hydrogens is 340 g/mol. The fourth-order valence-electron chi connectivity index (χ4n) is 3.30. The van der Waals surface area contributed by atoms with E-state index in [1.54, 1.807) is 24.3 Å². The van der Waals surface area contributed by atoms with Crippen LogP contribution < -0.4 is 20.5 Å². The van der Waals surface area contributed by atoms with Gasteiger partial charge in [0.2, 0.25) is 0 Å². The molecule has 0 radical (unpaired) electrons. The van der Waals surface area contributed by atoms with Crippen molar-refractivity contribution >= 4 is 29.7 Å². The fraction of sp³-hybridized carbons (Fsp3) is 0.316. The summed E-state index contributed by atoms with van der Waals surface area (Å²) in [6, 6.07) is 12.3. The van der Waals surface area contributed by atoms with Crippen LogP contribution in [-0.4, -0.2) is 11.7 Å². The predicted molar refractivity (Wildman–Crippen MR) is 99.6 cm³/mol. The highest BCUT2D eigenvalue weighted by atomic mass is 35.5. The number of benzene rings is 2. The van der Waals surface area contributed by atoms with Gasteiger partial charge in [-0.2, -0.15) is 0 Å². The van der Waals surface area contributed by atoms with E-state index in [4.69, 9.17) is 15.2 Å². The summed E-state index contributed by atoms with van der Waals surface area (Å²) in [4.78, 5) is 12.3. The van der Waals surface area contributed by atoms with E-state index in [9.17, 15) is 4.79 Å². The van der Waals surface area contributed by atoms with Gasteiger partial charge in [-0.25, -0.2) is 0 Å². The quantitative estimate of drug-likeness (QED) is 0.780. The summed E-state index contributed by atoms with van der Waals surface area (Å²) in [5.74, 6) is 0.774. The molecule has 6 heteroatoms. The zero-order valence-corrected chi connectivity index (χ0v) is 14.6. The maximum absolute atomic E-state index is 12.3. The lowest BCUT2D eigenvalue weighted by molar-refractivity contribution is -0.105. The van der Waals surface area contributed by atoms with Crippen molar-refractivity contribution in [3.8, 4) is 11.5 Å². The highest BCUT2D eigenvalue weighted by Gasteiger charge is 2.42. The van der Waals surface area contributed by atoms with Gasteiger partial charge >= 0.3 is 0 Å². The molecule has 0 unspecified atom stereocenters. The second-order valence-corrected chi connectivity index (χ2v) is 6.41. The van der Waals surface area contributed by atoms with E-state index < -0.39 is 5.79 Å². The van der Waals surface area contributed by atoms with Gasteiger partial charge in [-0.3, -0.25) is 4.79 Å². The number of amides is 1. The molecule has 5 nitrogen and oxygen atoms in total. The Labute approximate surface area is 152 Å². The zero-order chi connectivity index (χ0) is 16.6. The number of ether oxygens (including phenoxy) is 2. The Balaban J connectivity index is 0.00000182. The van der Waals surface area contributed by atoms with Crippen molar-refractivity contribution in [2.75, 3.05) is 11.1 Å². The molecule has 1 fully saturated rings. The number of hydrogen-bond donors (Lipinski definition) is 2. The fourth-order valence-corrected chi connectivity index (χ4v) is 3.30. The average molecular weight is 361 g/mol. The Morgan fingerprint density at radius 3 is 2.36 bits per heavy atom. The number of fused-ring (bicyclic) bond motifs is 1. The van der Waals surface area contributed by atoms with Gasteiger partial charge in [-0.15, -0.1) is 12.4 Å². The molecular formula is C19H21ClN2O3. The third-order valence-corrected chi connectivity index (χ3v) is 4.58. The average Bonchev–Trinajstić information content (AvgIpc) is 2.92. The van der Waals surface area contributed by atoms with E-state index in [2.05, 4.69) is 5.32 Å². The molecule has 4 rings (SSSR count). The maximum atomic E-state index is 12.3. The molecule has 1 saturated carbocycles. The van der Waals surface area contributed by atoms with E-state index in [0.717, 1.165) is 31.4 Å². The Morgan fingerprint density at radius 1 is 0.960 bits per heavy atom. The van der Waals surface area contributed by atoms with Crippen LogP contribution in [0, 0.1) is 0 Å². The normalized spacial score (nSPS) is 17.0. The lowest BCUT2D eigenvalue weighted by atomic mass is 9.94. The van der Waals surface area contributed by atoms with Crippen molar-refractivity contribution in [1.29, 1.82) is 0 Å². The Bertz CT molecular complexity index is 771. The number of rotatable bonds is 2. The van der Waals surface area contributed by atoms with Gasteiger partial charge in [-0.05, 0) is 49.2 Å². The predicted octanol–water partition coefficient (Wildman–Crippen LogP) is 4.37. The molecule has 0 bridgehead atoms. The Kier molecular flexibility index (Phi) is 4.77. The number of nitrogens with two attached hydrogens (primary N) is 1. The van der Waals surface area contributed by atoms with E-state index in [1.165, 1.54) is 6.42 Å². The van der Waals surface area contributed by atoms with Crippen molar-refractivity contribution in [3.05, 3.63) is 48.0 Å². The van der Waals surface area contributed by atoms with Gasteiger partial charge in [0.1, 0.15) is 0 Å². The van der Waals surface area contributed by atoms with Crippen LogP contribution in [0.15, 0.2) is 42.5 Å². The monoisotopic (exact) mass is 360 g/mol. The lowest BCUT2D eigenvalue weighted by Gasteiger charge is -2.31. The molecule has 0 atom stereocenters. The van der Waals surface area contributed by atoms with Gasteiger partial charge in [0, 0.05) is 35.8 Å². The molecule has 132 valence electrons. The first-order valence-corrected chi connectivity index (χ1v) is 8.33. The van der Waals surface area contributed by atoms with Crippen molar-refractivity contribution < 1.29 is 14.3 Å². The van der Waals surface area contributed by atoms with Gasteiger partial charge in [0.15, 0.2) is 11.5 Å². The number of carbonyl (C=O) groups excluding carboxylic acids is 1. The summed E-state index contributed by atoms with van der Waals surface area (Å²) in [7, 11) is 0. The highest BCUT2D eigenvalue weighted by molar-refractivity contribution is 6.04. The van der Waals surface area contributed by atoms with E-state index in [0.29, 0.717) is 22.7 Å². The summed E-state index contributed by atoms with van der Waals surface area (Å²) in [6.45, 7) is 0. The zero-order valence-electron chi connectivity index (χ0n) is 13.8. The first-order valence-electron chi connectivity index (χ1n) is 8.33. The highest BCUT2D eigenvalue weighted by Crippen LogP contribution is 2.46. The summed E-state index contributed by atoms with van der Waals surface area (Å²) < 4.78 is 12.1. The van der Waals surface area contributed by atoms with Crippen molar-refractivity contribution in [1.82, 2.24) is 0 Å². The molecule has 1 aliphatic heterocycles. The largest absolute Gasteiger partial charge is 0.448 e. The van der Waals surface area contributed by atoms with Gasteiger partial charge in [0.05, 0.1) is 0 Å². The molecule has 25 heavy (non-hydrogen) atoms. The summed E-state index contributed by atoms with van der Waals surface area (Å²) in [5, 5.41) is 2.88. The SMILES string of the molecule is Cl.Nc1ccc(C(=O)Nc2ccc3c(c2)OC2(CCCCC2)O3)cc1. The minimum atomic E-state index is -0.500. The number of nitrogen functional groups attached to an aromatic ring is 1. The molecule has 2 aromatic carbocycles. The molecule has 2 aromatic rings. The molecule has 1 spiro atoms. The first-order chi connectivity index (χ1) is 11.6. The van der Waals surface area contributed by atoms with Crippen LogP contribution in [0.1, 0.15) is 42.5 Å². The third kappa shape index (κ3) is 3.51. The standard InChI is InChI=1S/C19H20N2O3.ClH/c20-14-6-4-13(5-7-14)18(22)21-15-8-9-16-17(12-15)24-19(23-16)10-2-1-3-11-19;/h4-9,12H,1-3,10-11,20H2,(H,21,22);1H. The van der Waals surface area contributed by atoms with E-state index in [1.807, 2.05) is 18.2 Å². The van der Waals surface area contributed by atoms with Crippen LogP contribution in [0.4, 0.5) is 11.4 Å². The molecule has 1 heterocycles. The number of halogens is 1. The summed E-state index contributed by atoms with van der Waals surface area (Å²) in [6.07, 6.45) is 5.29. The minimum Gasteiger partial charge on any atom is -0.448 e. The van der Waals surface area contributed by atoms with Crippen LogP contribution in [0.3, 0.4) is 0 Å². The lowest BCUT2D eigenvalue weighted by Crippen LogP contribution is -2.40. The van der Waals surface area contributed by atoms with Crippen LogP contribution in [0.2, 0.25) is 0 Å². The topological polar surface area (TPSA) is 73.6 Å². The van der Waals surface area contributed by atoms with Gasteiger partial charge in [-0.1, -0.05) is 6.42 Å². The first kappa shape index (κ1) is 17.4. The molecule has 0 saturated heterocycles. The van der Waals surface area contributed by atoms with Crippen LogP contribution >= 0.6 is 12.4 Å². The van der Waals surface area contributed by atoms with Crippen LogP contribution in [-0.2, 0) is 0 Å². The maximum Gasteiger partial charge on any atom is 0.255 e. The summed E-state index contributed by atoms with van der Waals surface area (Å²) >= 11 is 0. The minimum absolute atomic E-state index is 0. The third-order valence-electron chi connectivity index (χ3n) is 4.58. The van der Waals surface area contributed by atoms with Crippen molar-refractivity contribution in [2.45, 2.75) is 37.9 Å². The number of nitrogens with one attached hydrogen (secondary N) is 1. The summed E-state index contributed by atoms with van der Waals surface area (Å²) in [5.41, 5.74) is 7.53. The van der Waals surface area contributed by atoms with E-state index in [-0.39, 0.29) is 18.3 Å². The number of hydrogen-bond acceptors (Lipinski definition) is 4. The Hall–Kier alpha value is -2.40. The molecule has 1 aliphatic carbocycles. The number of carbonyl (C=O) groups is 1. The molecule has 3 N–H and O–H groups in total. The van der Waals surface area contributed by atoms with Crippen molar-refractivity contribution in [2.24, 2.45) is 0 Å². The second-order valence-electron chi connectivity index (χ2n) is 6.41. The van der Waals surface area contributed by atoms with Gasteiger partial charge in [0.25, 0.3) is 11.7 Å². The van der Waals surface area contributed by atoms with Crippen molar-refractivity contribution in [3.63, 3.8) is 0 Å². The molecule has 0 aromatic heterocycles. The van der Waals surface area contributed by atoms with E-state index >= 15 is 0 Å². The Morgan fingerprint density at radius 2 is 1.64 bits per heavy atom. The number of anilines is 2.